The molecule has 0 saturated carbocycles. The number of carboxylic acid groups (broad SMARTS) is 1. The van der Waals surface area contributed by atoms with Crippen LogP contribution in [0.25, 0.3) is 0 Å². The molecule has 2 unspecified atom stereocenters. The van der Waals surface area contributed by atoms with Gasteiger partial charge in [-0.3, -0.25) is 4.79 Å². The molecule has 2 rings (SSSR count). The van der Waals surface area contributed by atoms with Crippen molar-refractivity contribution < 1.29 is 23.1 Å². The van der Waals surface area contributed by atoms with Crippen molar-refractivity contribution in [2.75, 3.05) is 25.4 Å². The van der Waals surface area contributed by atoms with Crippen molar-refractivity contribution in [1.29, 1.82) is 0 Å². The van der Waals surface area contributed by atoms with Crippen LogP contribution in [0, 0.1) is 0 Å². The summed E-state index contributed by atoms with van der Waals surface area (Å²) in [5.74, 6) is -1.77. The number of sulfone groups is 1. The van der Waals surface area contributed by atoms with Gasteiger partial charge in [-0.05, 0) is 26.3 Å². The van der Waals surface area contributed by atoms with Gasteiger partial charge in [0, 0.05) is 31.2 Å². The Labute approximate surface area is 159 Å². The average molecular weight is 397 g/mol. The Kier molecular flexibility index (Phi) is 6.48. The fraction of sp³-hybridized carbons (Fsp3) is 0.556. The van der Waals surface area contributed by atoms with Crippen LogP contribution in [0.1, 0.15) is 32.4 Å². The minimum atomic E-state index is -3.71. The van der Waals surface area contributed by atoms with E-state index < -0.39 is 32.6 Å². The van der Waals surface area contributed by atoms with Crippen LogP contribution >= 0.6 is 0 Å². The maximum absolute atomic E-state index is 12.4. The summed E-state index contributed by atoms with van der Waals surface area (Å²) < 4.78 is 23.6. The van der Waals surface area contributed by atoms with Crippen LogP contribution in [0.2, 0.25) is 0 Å². The van der Waals surface area contributed by atoms with E-state index in [0.29, 0.717) is 6.54 Å². The highest BCUT2D eigenvalue weighted by atomic mass is 32.2. The molecule has 1 aliphatic heterocycles. The van der Waals surface area contributed by atoms with E-state index in [1.807, 2.05) is 51.1 Å². The zero-order valence-corrected chi connectivity index (χ0v) is 16.6. The van der Waals surface area contributed by atoms with Crippen LogP contribution in [0.15, 0.2) is 30.3 Å². The third kappa shape index (κ3) is 5.67. The fourth-order valence-corrected chi connectivity index (χ4v) is 4.55. The van der Waals surface area contributed by atoms with Gasteiger partial charge < -0.3 is 20.6 Å². The molecule has 1 aromatic rings. The number of nitrogens with zero attached hydrogens (tertiary/aromatic N) is 1. The Balaban J connectivity index is 1.91. The minimum absolute atomic E-state index is 0.00772. The third-order valence-electron chi connectivity index (χ3n) is 4.62. The molecule has 1 saturated heterocycles. The molecule has 1 aliphatic rings. The van der Waals surface area contributed by atoms with E-state index in [1.165, 1.54) is 4.90 Å². The van der Waals surface area contributed by atoms with Gasteiger partial charge in [-0.25, -0.2) is 13.2 Å². The van der Waals surface area contributed by atoms with Crippen molar-refractivity contribution in [3.05, 3.63) is 35.9 Å². The molecule has 2 amide bonds. The van der Waals surface area contributed by atoms with Gasteiger partial charge in [0.25, 0.3) is 0 Å². The van der Waals surface area contributed by atoms with Crippen LogP contribution in [0.4, 0.5) is 4.79 Å². The maximum Gasteiger partial charge on any atom is 0.323 e. The lowest BCUT2D eigenvalue weighted by molar-refractivity contribution is -0.136. The van der Waals surface area contributed by atoms with Gasteiger partial charge >= 0.3 is 12.0 Å². The summed E-state index contributed by atoms with van der Waals surface area (Å²) in [5.41, 5.74) is 0.710. The minimum Gasteiger partial charge on any atom is -0.480 e. The summed E-state index contributed by atoms with van der Waals surface area (Å²) in [4.78, 5) is 24.8. The summed E-state index contributed by atoms with van der Waals surface area (Å²) in [5, 5.41) is 13.7. The molecule has 8 nitrogen and oxygen atoms in total. The number of rotatable bonds is 6. The molecule has 1 aromatic carbocycles. The zero-order valence-electron chi connectivity index (χ0n) is 15.8. The predicted molar refractivity (Wildman–Crippen MR) is 102 cm³/mol. The van der Waals surface area contributed by atoms with Crippen LogP contribution in [-0.4, -0.2) is 66.6 Å². The van der Waals surface area contributed by atoms with Crippen molar-refractivity contribution in [2.24, 2.45) is 0 Å². The first kappa shape index (κ1) is 21.2. The number of carbonyl (C=O) groups excluding carboxylic acids is 1. The second-order valence-electron chi connectivity index (χ2n) is 7.46. The topological polar surface area (TPSA) is 116 Å². The van der Waals surface area contributed by atoms with Crippen molar-refractivity contribution in [3.63, 3.8) is 0 Å². The molecule has 1 fully saturated rings. The number of aliphatic carboxylic acids is 1. The number of amides is 2. The van der Waals surface area contributed by atoms with Gasteiger partial charge in [-0.1, -0.05) is 30.3 Å². The maximum atomic E-state index is 12.4. The lowest BCUT2D eigenvalue weighted by Gasteiger charge is -2.34. The normalized spacial score (nSPS) is 20.7. The van der Waals surface area contributed by atoms with Crippen molar-refractivity contribution in [3.8, 4) is 0 Å². The van der Waals surface area contributed by atoms with Gasteiger partial charge in [0.15, 0.2) is 15.1 Å². The lowest BCUT2D eigenvalue weighted by Crippen LogP contribution is -2.57. The fourth-order valence-electron chi connectivity index (χ4n) is 3.07. The largest absolute Gasteiger partial charge is 0.480 e. The lowest BCUT2D eigenvalue weighted by atomic mass is 10.0. The number of carboxylic acids is 1. The molecular weight excluding hydrogens is 370 g/mol. The van der Waals surface area contributed by atoms with Gasteiger partial charge in [0.2, 0.25) is 0 Å². The second kappa shape index (κ2) is 8.26. The molecule has 0 radical (unpaired) electrons. The first-order valence-electron chi connectivity index (χ1n) is 8.82. The first-order chi connectivity index (χ1) is 12.5. The molecule has 3 N–H and O–H groups in total. The number of carbonyl (C=O) groups is 2. The second-order valence-corrected chi connectivity index (χ2v) is 9.76. The highest BCUT2D eigenvalue weighted by Crippen LogP contribution is 2.16. The zero-order chi connectivity index (χ0) is 20.2. The number of hydrogen-bond acceptors (Lipinski definition) is 5. The molecule has 2 atom stereocenters. The van der Waals surface area contributed by atoms with Crippen LogP contribution in [0.5, 0.6) is 0 Å². The molecular formula is C18H27N3O5S. The average Bonchev–Trinajstić information content (AvgIpc) is 2.59. The SMILES string of the molecule is CC(NC(C)(C)CNC(=O)N1CCS(=O)(=O)C(C(=O)O)C1)c1ccccc1. The monoisotopic (exact) mass is 397 g/mol. The van der Waals surface area contributed by atoms with E-state index in [0.717, 1.165) is 5.56 Å². The Morgan fingerprint density at radius 2 is 1.93 bits per heavy atom. The number of urea groups is 1. The summed E-state index contributed by atoms with van der Waals surface area (Å²) in [6, 6.07) is 9.54. The van der Waals surface area contributed by atoms with Crippen molar-refractivity contribution in [2.45, 2.75) is 37.6 Å². The van der Waals surface area contributed by atoms with Gasteiger partial charge in [0.1, 0.15) is 0 Å². The molecule has 0 spiro atoms. The summed E-state index contributed by atoms with van der Waals surface area (Å²) in [6.07, 6.45) is 0. The predicted octanol–water partition coefficient (Wildman–Crippen LogP) is 1.01. The Bertz CT molecular complexity index is 779. The van der Waals surface area contributed by atoms with Gasteiger partial charge in [-0.15, -0.1) is 0 Å². The van der Waals surface area contributed by atoms with E-state index in [1.54, 1.807) is 0 Å². The summed E-state index contributed by atoms with van der Waals surface area (Å²) >= 11 is 0. The first-order valence-corrected chi connectivity index (χ1v) is 10.5. The highest BCUT2D eigenvalue weighted by Gasteiger charge is 2.40. The molecule has 1 heterocycles. The number of benzene rings is 1. The van der Waals surface area contributed by atoms with E-state index in [9.17, 15) is 18.0 Å². The van der Waals surface area contributed by atoms with E-state index >= 15 is 0 Å². The number of nitrogens with one attached hydrogen (secondary N) is 2. The molecule has 9 heteroatoms. The van der Waals surface area contributed by atoms with E-state index in [2.05, 4.69) is 10.6 Å². The standard InChI is InChI=1S/C18H27N3O5S/c1-13(14-7-5-4-6-8-14)20-18(2,3)12-19-17(24)21-9-10-27(25,26)15(11-21)16(22)23/h4-8,13,15,20H,9-12H2,1-3H3,(H,19,24)(H,22,23). The molecule has 27 heavy (non-hydrogen) atoms. The van der Waals surface area contributed by atoms with Crippen molar-refractivity contribution >= 4 is 21.8 Å². The van der Waals surface area contributed by atoms with Crippen LogP contribution in [0.3, 0.4) is 0 Å². The van der Waals surface area contributed by atoms with Crippen LogP contribution in [-0.2, 0) is 14.6 Å². The Hall–Kier alpha value is -2.13. The molecule has 0 aromatic heterocycles. The molecule has 0 aliphatic carbocycles. The van der Waals surface area contributed by atoms with E-state index in [4.69, 9.17) is 5.11 Å². The number of hydrogen-bond donors (Lipinski definition) is 3. The smallest absolute Gasteiger partial charge is 0.323 e. The molecule has 0 bridgehead atoms. The molecule has 150 valence electrons. The van der Waals surface area contributed by atoms with Crippen molar-refractivity contribution in [1.82, 2.24) is 15.5 Å². The van der Waals surface area contributed by atoms with Crippen LogP contribution < -0.4 is 10.6 Å². The Morgan fingerprint density at radius 1 is 1.30 bits per heavy atom. The highest BCUT2D eigenvalue weighted by molar-refractivity contribution is 7.92. The quantitative estimate of drug-likeness (QED) is 0.660. The van der Waals surface area contributed by atoms with E-state index in [-0.39, 0.29) is 24.9 Å². The van der Waals surface area contributed by atoms with Gasteiger partial charge in [-0.2, -0.15) is 0 Å². The van der Waals surface area contributed by atoms with Gasteiger partial charge in [0.05, 0.1) is 5.75 Å². The summed E-state index contributed by atoms with van der Waals surface area (Å²) in [6.45, 7) is 5.90. The summed E-state index contributed by atoms with van der Waals surface area (Å²) in [7, 11) is -3.71. The third-order valence-corrected chi connectivity index (χ3v) is 6.59. The Morgan fingerprint density at radius 3 is 2.52 bits per heavy atom.